The van der Waals surface area contributed by atoms with Gasteiger partial charge in [0.05, 0.1) is 15.8 Å². The maximum absolute atomic E-state index is 14.5. The topological polar surface area (TPSA) is 68.5 Å². The number of hydrogen-bond donors (Lipinski definition) is 1. The van der Waals surface area contributed by atoms with Crippen LogP contribution in [0, 0.1) is 17.5 Å². The predicted molar refractivity (Wildman–Crippen MR) is 126 cm³/mol. The van der Waals surface area contributed by atoms with Crippen molar-refractivity contribution >= 4 is 20.7 Å². The van der Waals surface area contributed by atoms with Crippen LogP contribution in [0.4, 0.5) is 13.2 Å². The van der Waals surface area contributed by atoms with Crippen LogP contribution in [0.25, 0.3) is 27.7 Å². The van der Waals surface area contributed by atoms with Crippen LogP contribution in [-0.2, 0) is 14.6 Å². The minimum atomic E-state index is -3.54. The summed E-state index contributed by atoms with van der Waals surface area (Å²) in [6.07, 6.45) is 2.30. The normalized spacial score (nSPS) is 15.1. The molecule has 1 aliphatic heterocycles. The molecule has 35 heavy (non-hydrogen) atoms. The lowest BCUT2D eigenvalue weighted by Crippen LogP contribution is -2.17. The first-order valence-corrected chi connectivity index (χ1v) is 12.9. The van der Waals surface area contributed by atoms with Gasteiger partial charge < -0.3 is 14.4 Å². The van der Waals surface area contributed by atoms with Crippen LogP contribution < -0.4 is 0 Å². The molecule has 3 aromatic carbocycles. The van der Waals surface area contributed by atoms with Gasteiger partial charge in [-0.15, -0.1) is 0 Å². The molecular formula is C26H22F3NO4S. The van der Waals surface area contributed by atoms with E-state index in [9.17, 15) is 26.7 Å². The Morgan fingerprint density at radius 2 is 1.71 bits per heavy atom. The number of aromatic nitrogens is 1. The van der Waals surface area contributed by atoms with E-state index in [1.807, 2.05) is 0 Å². The second kappa shape index (κ2) is 8.73. The number of benzene rings is 3. The molecule has 5 nitrogen and oxygen atoms in total. The number of aromatic hydroxyl groups is 1. The largest absolute Gasteiger partial charge is 0.507 e. The summed E-state index contributed by atoms with van der Waals surface area (Å²) in [6.45, 7) is 0.931. The van der Waals surface area contributed by atoms with Crippen molar-refractivity contribution < 1.29 is 31.4 Å². The molecular weight excluding hydrogens is 479 g/mol. The van der Waals surface area contributed by atoms with E-state index in [0.717, 1.165) is 24.5 Å². The molecule has 4 aromatic rings. The van der Waals surface area contributed by atoms with E-state index in [0.29, 0.717) is 48.3 Å². The molecule has 182 valence electrons. The summed E-state index contributed by atoms with van der Waals surface area (Å²) in [7, 11) is -3.54. The smallest absolute Gasteiger partial charge is 0.175 e. The van der Waals surface area contributed by atoms with E-state index in [4.69, 9.17) is 4.74 Å². The number of rotatable bonds is 4. The van der Waals surface area contributed by atoms with Gasteiger partial charge in [0.25, 0.3) is 0 Å². The van der Waals surface area contributed by atoms with Gasteiger partial charge in [0.1, 0.15) is 11.6 Å². The first kappa shape index (κ1) is 23.4. The molecule has 1 aliphatic rings. The zero-order chi connectivity index (χ0) is 24.9. The summed E-state index contributed by atoms with van der Waals surface area (Å²) in [6, 6.07) is 11.9. The molecule has 0 atom stereocenters. The summed E-state index contributed by atoms with van der Waals surface area (Å²) in [5.41, 5.74) is 2.17. The van der Waals surface area contributed by atoms with E-state index in [1.54, 1.807) is 16.7 Å². The Balaban J connectivity index is 1.93. The van der Waals surface area contributed by atoms with E-state index < -0.39 is 27.3 Å². The number of nitrogens with zero attached hydrogens (tertiary/aromatic N) is 1. The Morgan fingerprint density at radius 3 is 2.40 bits per heavy atom. The molecule has 0 aliphatic carbocycles. The van der Waals surface area contributed by atoms with Crippen LogP contribution in [0.3, 0.4) is 0 Å². The predicted octanol–water partition coefficient (Wildman–Crippen LogP) is 5.72. The van der Waals surface area contributed by atoms with E-state index in [-0.39, 0.29) is 27.8 Å². The van der Waals surface area contributed by atoms with Crippen molar-refractivity contribution in [2.24, 2.45) is 0 Å². The highest BCUT2D eigenvalue weighted by Crippen LogP contribution is 2.47. The maximum atomic E-state index is 14.5. The Kier molecular flexibility index (Phi) is 5.85. The van der Waals surface area contributed by atoms with Crippen LogP contribution in [0.1, 0.15) is 24.5 Å². The van der Waals surface area contributed by atoms with Crippen molar-refractivity contribution in [3.05, 3.63) is 77.7 Å². The molecule has 9 heteroatoms. The summed E-state index contributed by atoms with van der Waals surface area (Å²) < 4.78 is 74.3. The van der Waals surface area contributed by atoms with Gasteiger partial charge in [-0.2, -0.15) is 0 Å². The molecule has 0 amide bonds. The lowest BCUT2D eigenvalue weighted by Gasteiger charge is -2.26. The Bertz CT molecular complexity index is 1560. The zero-order valence-corrected chi connectivity index (χ0v) is 19.6. The van der Waals surface area contributed by atoms with E-state index in [2.05, 4.69) is 0 Å². The average molecular weight is 502 g/mol. The van der Waals surface area contributed by atoms with Gasteiger partial charge in [0.15, 0.2) is 21.5 Å². The van der Waals surface area contributed by atoms with Gasteiger partial charge in [0.2, 0.25) is 0 Å². The van der Waals surface area contributed by atoms with Crippen molar-refractivity contribution in [2.75, 3.05) is 19.5 Å². The van der Waals surface area contributed by atoms with Gasteiger partial charge in [-0.3, -0.25) is 0 Å². The highest BCUT2D eigenvalue weighted by atomic mass is 32.2. The van der Waals surface area contributed by atoms with Crippen molar-refractivity contribution in [2.45, 2.75) is 23.7 Å². The molecule has 0 radical (unpaired) electrons. The molecule has 1 N–H and O–H groups in total. The molecule has 2 heterocycles. The lowest BCUT2D eigenvalue weighted by molar-refractivity contribution is 0.0843. The molecule has 1 aromatic heterocycles. The highest BCUT2D eigenvalue weighted by Gasteiger charge is 2.30. The van der Waals surface area contributed by atoms with Crippen LogP contribution in [0.2, 0.25) is 0 Å². The summed E-state index contributed by atoms with van der Waals surface area (Å²) >= 11 is 0. The monoisotopic (exact) mass is 501 g/mol. The first-order chi connectivity index (χ1) is 16.6. The van der Waals surface area contributed by atoms with Gasteiger partial charge in [-0.25, -0.2) is 21.6 Å². The standard InChI is InChI=1S/C26H22F3NO4S/c1-35(32,33)19-4-2-3-16(11-19)24-25-22(12-17(27)13-23(25)31)30(18-5-6-20(28)21(29)14-18)26(24)15-7-9-34-10-8-15/h2-6,11-15,31H,7-10H2,1H3. The van der Waals surface area contributed by atoms with Gasteiger partial charge in [0, 0.05) is 54.5 Å². The molecule has 0 spiro atoms. The molecule has 1 saturated heterocycles. The van der Waals surface area contributed by atoms with Crippen LogP contribution in [0.5, 0.6) is 5.75 Å². The van der Waals surface area contributed by atoms with E-state index in [1.165, 1.54) is 24.3 Å². The summed E-state index contributed by atoms with van der Waals surface area (Å²) in [4.78, 5) is 0.0863. The zero-order valence-electron chi connectivity index (χ0n) is 18.8. The third-order valence-electron chi connectivity index (χ3n) is 6.37. The van der Waals surface area contributed by atoms with Crippen molar-refractivity contribution in [3.8, 4) is 22.6 Å². The van der Waals surface area contributed by atoms with Gasteiger partial charge >= 0.3 is 0 Å². The second-order valence-corrected chi connectivity index (χ2v) is 10.7. The second-order valence-electron chi connectivity index (χ2n) is 8.70. The first-order valence-electron chi connectivity index (χ1n) is 11.1. The molecule has 5 rings (SSSR count). The van der Waals surface area contributed by atoms with Crippen molar-refractivity contribution in [1.82, 2.24) is 4.57 Å². The highest BCUT2D eigenvalue weighted by molar-refractivity contribution is 7.90. The minimum absolute atomic E-state index is 0.0863. The van der Waals surface area contributed by atoms with Crippen molar-refractivity contribution in [3.63, 3.8) is 0 Å². The third-order valence-corrected chi connectivity index (χ3v) is 7.48. The number of phenolic OH excluding ortho intramolecular Hbond substituents is 1. The van der Waals surface area contributed by atoms with Gasteiger partial charge in [-0.05, 0) is 48.7 Å². The number of fused-ring (bicyclic) bond motifs is 1. The van der Waals surface area contributed by atoms with Crippen molar-refractivity contribution in [1.29, 1.82) is 0 Å². The molecule has 0 bridgehead atoms. The quantitative estimate of drug-likeness (QED) is 0.389. The fourth-order valence-electron chi connectivity index (χ4n) is 4.82. The fourth-order valence-corrected chi connectivity index (χ4v) is 5.48. The minimum Gasteiger partial charge on any atom is -0.507 e. The fraction of sp³-hybridized carbons (Fsp3) is 0.231. The van der Waals surface area contributed by atoms with Crippen LogP contribution >= 0.6 is 0 Å². The lowest BCUT2D eigenvalue weighted by atomic mass is 9.90. The van der Waals surface area contributed by atoms with Crippen LogP contribution in [-0.4, -0.2) is 37.6 Å². The summed E-state index contributed by atoms with van der Waals surface area (Å²) in [5, 5.41) is 11.2. The molecule has 1 fully saturated rings. The number of ether oxygens (including phenoxy) is 1. The average Bonchev–Trinajstić information content (AvgIpc) is 3.16. The summed E-state index contributed by atoms with van der Waals surface area (Å²) in [5.74, 6) is -3.26. The Hall–Kier alpha value is -3.30. The SMILES string of the molecule is CS(=O)(=O)c1cccc(-c2c(C3CCOCC3)n(-c3ccc(F)c(F)c3)c3cc(F)cc(O)c23)c1. The van der Waals surface area contributed by atoms with E-state index >= 15 is 0 Å². The number of halogens is 3. The molecule has 0 unspecified atom stereocenters. The number of hydrogen-bond acceptors (Lipinski definition) is 4. The third kappa shape index (κ3) is 4.19. The number of phenols is 1. The Labute approximate surface area is 200 Å². The number of sulfone groups is 1. The molecule has 0 saturated carbocycles. The Morgan fingerprint density at radius 1 is 0.971 bits per heavy atom. The van der Waals surface area contributed by atoms with Gasteiger partial charge in [-0.1, -0.05) is 12.1 Å². The van der Waals surface area contributed by atoms with Crippen LogP contribution in [0.15, 0.2) is 59.5 Å². The maximum Gasteiger partial charge on any atom is 0.175 e.